The van der Waals surface area contributed by atoms with Crippen LogP contribution in [0.15, 0.2) is 23.1 Å². The number of thiophene rings is 3. The molecule has 0 fully saturated rings. The van der Waals surface area contributed by atoms with E-state index in [4.69, 9.17) is 23.2 Å². The summed E-state index contributed by atoms with van der Waals surface area (Å²) in [5.41, 5.74) is 4.49. The number of rotatable bonds is 15. The number of fused-ring (bicyclic) bond motifs is 2. The van der Waals surface area contributed by atoms with Crippen molar-refractivity contribution in [3.63, 3.8) is 0 Å². The van der Waals surface area contributed by atoms with Gasteiger partial charge < -0.3 is 0 Å². The normalized spacial score (nSPS) is 15.0. The van der Waals surface area contributed by atoms with Crippen LogP contribution in [0.2, 0.25) is 28.3 Å². The zero-order valence-electron chi connectivity index (χ0n) is 30.9. The summed E-state index contributed by atoms with van der Waals surface area (Å²) in [5, 5.41) is 3.43. The third kappa shape index (κ3) is 9.01. The Morgan fingerprint density at radius 3 is 1.73 bits per heavy atom. The van der Waals surface area contributed by atoms with Gasteiger partial charge in [-0.15, -0.1) is 0 Å². The van der Waals surface area contributed by atoms with E-state index in [1.54, 1.807) is 7.79 Å². The average molecular weight is 973 g/mol. The number of unbranched alkanes of at least 4 members (excludes halogenated alkanes) is 2. The van der Waals surface area contributed by atoms with Crippen molar-refractivity contribution in [2.24, 2.45) is 11.8 Å². The Bertz CT molecular complexity index is 1760. The fourth-order valence-corrected chi connectivity index (χ4v) is 28.4. The van der Waals surface area contributed by atoms with Crippen molar-refractivity contribution in [3.8, 4) is 20.9 Å². The third-order valence-corrected chi connectivity index (χ3v) is 39.0. The molecular formula is C40H56Cl2S4Sn2. The molecule has 1 aliphatic heterocycles. The molecule has 3 aromatic heterocycles. The van der Waals surface area contributed by atoms with Crippen molar-refractivity contribution in [2.45, 2.75) is 136 Å². The van der Waals surface area contributed by atoms with Crippen LogP contribution in [0.3, 0.4) is 0 Å². The standard InChI is InChI=1S/C33H39Cl2S4.C4H9.3CH3.2Sn/c1-6-10-12-21(8-3)16-26-24(34)18-28(38-26)30-20(5)32(36)31(23-14-15-37-33(23)30)29-19-25(35)27(39-29)17-22(9-4)13-11-7-2;1-4(2)3;;;;;/h5,14,18-19,21-22,36H,6-13,16-17H2,1-4H3;1-3H3;3*1H3;;/q;;;;;;+1/p-1. The van der Waals surface area contributed by atoms with Gasteiger partial charge in [-0.1, -0.05) is 0 Å². The van der Waals surface area contributed by atoms with Crippen molar-refractivity contribution in [1.82, 2.24) is 0 Å². The molecule has 0 spiro atoms. The van der Waals surface area contributed by atoms with Gasteiger partial charge in [-0.05, 0) is 0 Å². The summed E-state index contributed by atoms with van der Waals surface area (Å²) in [7, 11) is 2.28. The van der Waals surface area contributed by atoms with Crippen LogP contribution in [0, 0.1) is 11.8 Å². The van der Waals surface area contributed by atoms with Crippen LogP contribution in [0.5, 0.6) is 0 Å². The zero-order valence-corrected chi connectivity index (χ0v) is 41.4. The molecule has 8 heteroatoms. The Kier molecular flexibility index (Phi) is 14.2. The van der Waals surface area contributed by atoms with Gasteiger partial charge >= 0.3 is 332 Å². The minimum absolute atomic E-state index is 0.346. The molecule has 4 heterocycles. The van der Waals surface area contributed by atoms with Gasteiger partial charge in [-0.2, -0.15) is 0 Å². The van der Waals surface area contributed by atoms with Gasteiger partial charge in [0, 0.05) is 0 Å². The van der Waals surface area contributed by atoms with Crippen molar-refractivity contribution < 1.29 is 0 Å². The molecule has 0 saturated carbocycles. The van der Waals surface area contributed by atoms with Gasteiger partial charge in [-0.25, -0.2) is 0 Å². The van der Waals surface area contributed by atoms with E-state index in [-0.39, 0.29) is 0 Å². The van der Waals surface area contributed by atoms with Crippen LogP contribution < -0.4 is 2.89 Å². The second-order valence-corrected chi connectivity index (χ2v) is 48.0. The van der Waals surface area contributed by atoms with Gasteiger partial charge in [0.15, 0.2) is 0 Å². The molecule has 0 saturated heterocycles. The maximum atomic E-state index is 7.15. The summed E-state index contributed by atoms with van der Waals surface area (Å²) in [4.78, 5) is 14.8. The summed E-state index contributed by atoms with van der Waals surface area (Å²) in [5.74, 6) is 1.42. The topological polar surface area (TPSA) is 0 Å². The second-order valence-electron chi connectivity index (χ2n) is 16.0. The number of halogens is 2. The van der Waals surface area contributed by atoms with Crippen LogP contribution in [-0.2, 0) is 12.8 Å². The maximum absolute atomic E-state index is 7.15. The quantitative estimate of drug-likeness (QED) is 0.107. The summed E-state index contributed by atoms with van der Waals surface area (Å²) >= 11 is 16.0. The number of hydrogen-bond acceptors (Lipinski definition) is 4. The van der Waals surface area contributed by atoms with E-state index in [2.05, 4.69) is 106 Å². The molecule has 0 N–H and O–H groups in total. The molecule has 0 aliphatic carbocycles. The number of benzene rings is 1. The van der Waals surface area contributed by atoms with Crippen molar-refractivity contribution in [3.05, 3.63) is 43.6 Å². The fraction of sp³-hybridized carbons (Fsp3) is 0.575. The van der Waals surface area contributed by atoms with Gasteiger partial charge in [0.05, 0.1) is 0 Å². The van der Waals surface area contributed by atoms with Gasteiger partial charge in [0.2, 0.25) is 0 Å². The first-order valence-corrected chi connectivity index (χ1v) is 38.9. The summed E-state index contributed by atoms with van der Waals surface area (Å²) in [6.07, 6.45) is 12.4. The van der Waals surface area contributed by atoms with Crippen LogP contribution in [-0.4, -0.2) is 40.3 Å². The van der Waals surface area contributed by atoms with E-state index in [0.717, 1.165) is 22.9 Å². The molecular weight excluding hydrogens is 917 g/mol. The van der Waals surface area contributed by atoms with Crippen LogP contribution in [0.25, 0.3) is 31.0 Å². The SMILES string of the molecule is CCCCC(CC)Cc1sc(-c2c3c(c(-c4cc(Cl)c(CC(CC)CCCC)s4)c4s[c]([Sn]([CH3])([CH3])[CH3])cc24)[CH]=[Sn]([C](C)(C)C)[S]3)cc1Cl. The Hall–Kier alpha value is 0.977. The molecule has 0 radical (unpaired) electrons. The first-order chi connectivity index (χ1) is 22.7. The zero-order chi connectivity index (χ0) is 35.0. The first kappa shape index (κ1) is 40.2. The molecule has 1 aromatic carbocycles. The van der Waals surface area contributed by atoms with E-state index in [9.17, 15) is 0 Å². The van der Waals surface area contributed by atoms with Gasteiger partial charge in [0.25, 0.3) is 0 Å². The molecule has 4 aromatic rings. The van der Waals surface area contributed by atoms with E-state index < -0.39 is 36.3 Å². The fourth-order valence-electron chi connectivity index (χ4n) is 6.75. The Morgan fingerprint density at radius 1 is 0.750 bits per heavy atom. The van der Waals surface area contributed by atoms with Gasteiger partial charge in [-0.3, -0.25) is 0 Å². The van der Waals surface area contributed by atoms with Gasteiger partial charge in [0.1, 0.15) is 0 Å². The predicted molar refractivity (Wildman–Crippen MR) is 232 cm³/mol. The summed E-state index contributed by atoms with van der Waals surface area (Å²) in [6.45, 7) is 16.8. The Morgan fingerprint density at radius 2 is 1.27 bits per heavy atom. The van der Waals surface area contributed by atoms with Crippen molar-refractivity contribution in [1.29, 1.82) is 0 Å². The van der Waals surface area contributed by atoms with Crippen molar-refractivity contribution >= 4 is 119 Å². The number of hydrogen-bond donors (Lipinski definition) is 0. The molecule has 0 bridgehead atoms. The molecule has 2 atom stereocenters. The molecule has 0 nitrogen and oxygen atoms in total. The van der Waals surface area contributed by atoms with Crippen molar-refractivity contribution in [2.75, 3.05) is 0 Å². The third-order valence-electron chi connectivity index (χ3n) is 9.98. The monoisotopic (exact) mass is 974 g/mol. The molecule has 0 amide bonds. The Labute approximate surface area is 327 Å². The predicted octanol–water partition coefficient (Wildman–Crippen LogP) is 15.4. The molecule has 5 rings (SSSR count). The molecule has 2 unspecified atom stereocenters. The van der Waals surface area contributed by atoms with E-state index in [1.807, 2.05) is 22.7 Å². The first-order valence-electron chi connectivity index (χ1n) is 18.3. The molecule has 48 heavy (non-hydrogen) atoms. The van der Waals surface area contributed by atoms with Crippen LogP contribution in [0.1, 0.15) is 115 Å². The second kappa shape index (κ2) is 17.0. The summed E-state index contributed by atoms with van der Waals surface area (Å²) in [6, 6.07) is 7.30. The van der Waals surface area contributed by atoms with E-state index >= 15 is 0 Å². The minimum atomic E-state index is -2.39. The molecule has 1 aliphatic rings. The van der Waals surface area contributed by atoms with E-state index in [0.29, 0.717) is 15.3 Å². The van der Waals surface area contributed by atoms with Crippen LogP contribution >= 0.6 is 66.2 Å². The summed E-state index contributed by atoms with van der Waals surface area (Å²) < 4.78 is 6.30. The van der Waals surface area contributed by atoms with E-state index in [1.165, 1.54) is 97.7 Å². The molecule has 262 valence electrons. The average Bonchev–Trinajstić information content (AvgIpc) is 3.81. The Balaban J connectivity index is 1.73. The van der Waals surface area contributed by atoms with Crippen LogP contribution in [0.4, 0.5) is 0 Å².